The van der Waals surface area contributed by atoms with E-state index in [1.54, 1.807) is 7.05 Å². The second-order valence-electron chi connectivity index (χ2n) is 3.53. The van der Waals surface area contributed by atoms with E-state index < -0.39 is 0 Å². The van der Waals surface area contributed by atoms with E-state index in [2.05, 4.69) is 16.0 Å². The molecule has 4 heteroatoms. The Morgan fingerprint density at radius 1 is 1.46 bits per heavy atom. The highest BCUT2D eigenvalue weighted by molar-refractivity contribution is 5.80. The van der Waals surface area contributed by atoms with Crippen molar-refractivity contribution in [1.82, 2.24) is 16.0 Å². The van der Waals surface area contributed by atoms with Crippen LogP contribution in [0.4, 0.5) is 0 Å². The van der Waals surface area contributed by atoms with Crippen LogP contribution in [0.3, 0.4) is 0 Å². The van der Waals surface area contributed by atoms with Crippen molar-refractivity contribution in [2.24, 2.45) is 0 Å². The first kappa shape index (κ1) is 10.5. The summed E-state index contributed by atoms with van der Waals surface area (Å²) in [6.07, 6.45) is 2.22. The number of amides is 1. The molecule has 0 aromatic carbocycles. The molecule has 0 radical (unpaired) electrons. The molecule has 0 bridgehead atoms. The third-order valence-electron chi connectivity index (χ3n) is 2.46. The predicted molar refractivity (Wildman–Crippen MR) is 52.6 cm³/mol. The highest BCUT2D eigenvalue weighted by atomic mass is 16.2. The van der Waals surface area contributed by atoms with E-state index in [0.29, 0.717) is 6.04 Å². The third kappa shape index (κ3) is 3.32. The van der Waals surface area contributed by atoms with E-state index >= 15 is 0 Å². The van der Waals surface area contributed by atoms with Gasteiger partial charge in [-0.2, -0.15) is 0 Å². The molecule has 1 rings (SSSR count). The summed E-state index contributed by atoms with van der Waals surface area (Å²) in [6, 6.07) is 0.418. The van der Waals surface area contributed by atoms with Crippen molar-refractivity contribution in [2.45, 2.75) is 31.8 Å². The zero-order valence-electron chi connectivity index (χ0n) is 8.39. The highest BCUT2D eigenvalue weighted by Crippen LogP contribution is 2.02. The molecule has 0 spiro atoms. The molecule has 0 aromatic rings. The lowest BCUT2D eigenvalue weighted by Crippen LogP contribution is -2.49. The molecule has 1 atom stereocenters. The molecule has 3 N–H and O–H groups in total. The predicted octanol–water partition coefficient (Wildman–Crippen LogP) is -0.537. The number of rotatable bonds is 3. The lowest BCUT2D eigenvalue weighted by atomic mass is 10.1. The molecule has 1 heterocycles. The van der Waals surface area contributed by atoms with E-state index in [1.807, 2.05) is 6.92 Å². The van der Waals surface area contributed by atoms with Gasteiger partial charge in [0.05, 0.1) is 6.04 Å². The molecule has 1 saturated heterocycles. The Balaban J connectivity index is 2.25. The zero-order valence-corrected chi connectivity index (χ0v) is 8.39. The van der Waals surface area contributed by atoms with Gasteiger partial charge in [0.1, 0.15) is 0 Å². The number of piperidine rings is 1. The molecule has 1 fully saturated rings. The zero-order chi connectivity index (χ0) is 9.68. The van der Waals surface area contributed by atoms with Crippen LogP contribution < -0.4 is 16.0 Å². The van der Waals surface area contributed by atoms with Crippen LogP contribution in [0.2, 0.25) is 0 Å². The Morgan fingerprint density at radius 2 is 2.08 bits per heavy atom. The van der Waals surface area contributed by atoms with Gasteiger partial charge in [-0.25, -0.2) is 0 Å². The molecule has 0 aliphatic carbocycles. The lowest BCUT2D eigenvalue weighted by molar-refractivity contribution is -0.122. The quantitative estimate of drug-likeness (QED) is 0.553. The molecule has 1 aliphatic heterocycles. The number of hydrogen-bond donors (Lipinski definition) is 3. The van der Waals surface area contributed by atoms with Gasteiger partial charge < -0.3 is 16.0 Å². The third-order valence-corrected chi connectivity index (χ3v) is 2.46. The number of hydrogen-bond acceptors (Lipinski definition) is 3. The normalized spacial score (nSPS) is 21.1. The van der Waals surface area contributed by atoms with Crippen LogP contribution in [-0.4, -0.2) is 38.1 Å². The van der Waals surface area contributed by atoms with E-state index in [4.69, 9.17) is 0 Å². The number of carbonyl (C=O) groups excluding carboxylic acids is 1. The maximum atomic E-state index is 11.2. The van der Waals surface area contributed by atoms with Crippen molar-refractivity contribution in [1.29, 1.82) is 0 Å². The fourth-order valence-corrected chi connectivity index (χ4v) is 1.63. The summed E-state index contributed by atoms with van der Waals surface area (Å²) < 4.78 is 0. The standard InChI is InChI=1S/C9H19N3O/c1-7(9(13)10-2)12-8-3-5-11-6-4-8/h7-8,11-12H,3-6H2,1-2H3,(H,10,13). The molecule has 1 aliphatic rings. The van der Waals surface area contributed by atoms with Gasteiger partial charge in [-0.05, 0) is 32.9 Å². The number of likely N-dealkylation sites (N-methyl/N-ethyl adjacent to an activating group) is 1. The van der Waals surface area contributed by atoms with Gasteiger partial charge in [-0.15, -0.1) is 0 Å². The fraction of sp³-hybridized carbons (Fsp3) is 0.889. The van der Waals surface area contributed by atoms with E-state index in [-0.39, 0.29) is 11.9 Å². The molecule has 4 nitrogen and oxygen atoms in total. The second-order valence-corrected chi connectivity index (χ2v) is 3.53. The van der Waals surface area contributed by atoms with Crippen LogP contribution in [-0.2, 0) is 4.79 Å². The van der Waals surface area contributed by atoms with Crippen LogP contribution in [0.25, 0.3) is 0 Å². The van der Waals surface area contributed by atoms with Crippen LogP contribution in [0.15, 0.2) is 0 Å². The van der Waals surface area contributed by atoms with E-state index in [0.717, 1.165) is 25.9 Å². The highest BCUT2D eigenvalue weighted by Gasteiger charge is 2.18. The van der Waals surface area contributed by atoms with Crippen molar-refractivity contribution >= 4 is 5.91 Å². The number of carbonyl (C=O) groups is 1. The first-order chi connectivity index (χ1) is 6.24. The van der Waals surface area contributed by atoms with Gasteiger partial charge in [-0.3, -0.25) is 4.79 Å². The summed E-state index contributed by atoms with van der Waals surface area (Å²) in [5.74, 6) is 0.0681. The van der Waals surface area contributed by atoms with Gasteiger partial charge in [0.15, 0.2) is 0 Å². The Hall–Kier alpha value is -0.610. The molecule has 0 saturated carbocycles. The Bertz CT molecular complexity index is 166. The largest absolute Gasteiger partial charge is 0.358 e. The minimum absolute atomic E-state index is 0.0681. The maximum Gasteiger partial charge on any atom is 0.236 e. The minimum Gasteiger partial charge on any atom is -0.358 e. The van der Waals surface area contributed by atoms with E-state index in [9.17, 15) is 4.79 Å². The molecular weight excluding hydrogens is 166 g/mol. The molecule has 0 aromatic heterocycles. The van der Waals surface area contributed by atoms with Crippen LogP contribution in [0, 0.1) is 0 Å². The summed E-state index contributed by atoms with van der Waals surface area (Å²) in [5.41, 5.74) is 0. The van der Waals surface area contributed by atoms with Gasteiger partial charge >= 0.3 is 0 Å². The molecule has 13 heavy (non-hydrogen) atoms. The Morgan fingerprint density at radius 3 is 2.62 bits per heavy atom. The van der Waals surface area contributed by atoms with Gasteiger partial charge in [0.25, 0.3) is 0 Å². The molecule has 1 amide bonds. The SMILES string of the molecule is CNC(=O)C(C)NC1CCNCC1. The topological polar surface area (TPSA) is 53.2 Å². The Labute approximate surface area is 79.5 Å². The van der Waals surface area contributed by atoms with Crippen molar-refractivity contribution in [3.05, 3.63) is 0 Å². The van der Waals surface area contributed by atoms with E-state index in [1.165, 1.54) is 0 Å². The molecule has 1 unspecified atom stereocenters. The average Bonchev–Trinajstić information content (AvgIpc) is 2.18. The summed E-state index contributed by atoms with van der Waals surface area (Å²) in [4.78, 5) is 11.2. The lowest BCUT2D eigenvalue weighted by Gasteiger charge is -2.26. The molecule has 76 valence electrons. The van der Waals surface area contributed by atoms with Crippen LogP contribution >= 0.6 is 0 Å². The summed E-state index contributed by atoms with van der Waals surface area (Å²) >= 11 is 0. The average molecular weight is 185 g/mol. The van der Waals surface area contributed by atoms with Crippen LogP contribution in [0.5, 0.6) is 0 Å². The van der Waals surface area contributed by atoms with Crippen molar-refractivity contribution in [3.63, 3.8) is 0 Å². The summed E-state index contributed by atoms with van der Waals surface area (Å²) in [5, 5.41) is 9.25. The van der Waals surface area contributed by atoms with Gasteiger partial charge in [-0.1, -0.05) is 0 Å². The van der Waals surface area contributed by atoms with Crippen molar-refractivity contribution in [3.8, 4) is 0 Å². The maximum absolute atomic E-state index is 11.2. The first-order valence-corrected chi connectivity index (χ1v) is 4.92. The molecular formula is C9H19N3O. The first-order valence-electron chi connectivity index (χ1n) is 4.92. The smallest absolute Gasteiger partial charge is 0.236 e. The van der Waals surface area contributed by atoms with Crippen LogP contribution in [0.1, 0.15) is 19.8 Å². The van der Waals surface area contributed by atoms with Gasteiger partial charge in [0.2, 0.25) is 5.91 Å². The summed E-state index contributed by atoms with van der Waals surface area (Å²) in [6.45, 7) is 4.01. The Kier molecular flexibility index (Phi) is 4.18. The van der Waals surface area contributed by atoms with Crippen molar-refractivity contribution < 1.29 is 4.79 Å². The summed E-state index contributed by atoms with van der Waals surface area (Å²) in [7, 11) is 1.67. The second kappa shape index (κ2) is 5.19. The fourth-order valence-electron chi connectivity index (χ4n) is 1.63. The monoisotopic (exact) mass is 185 g/mol. The van der Waals surface area contributed by atoms with Crippen molar-refractivity contribution in [2.75, 3.05) is 20.1 Å². The minimum atomic E-state index is -0.0758. The number of nitrogens with one attached hydrogen (secondary N) is 3. The van der Waals surface area contributed by atoms with Gasteiger partial charge in [0, 0.05) is 13.1 Å².